The lowest BCUT2D eigenvalue weighted by molar-refractivity contribution is 0.0965. The molecule has 1 unspecified atom stereocenters. The lowest BCUT2D eigenvalue weighted by atomic mass is 9.96. The molecule has 3 heterocycles. The van der Waals surface area contributed by atoms with Gasteiger partial charge in [0.2, 0.25) is 0 Å². The summed E-state index contributed by atoms with van der Waals surface area (Å²) < 4.78 is 10.1. The average Bonchev–Trinajstić information content (AvgIpc) is 3.17. The van der Waals surface area contributed by atoms with Crippen LogP contribution >= 0.6 is 23.5 Å². The first-order valence-corrected chi connectivity index (χ1v) is 13.2. The van der Waals surface area contributed by atoms with Crippen molar-refractivity contribution in [2.24, 2.45) is 0 Å². The number of fused-ring (bicyclic) bond motifs is 2. The van der Waals surface area contributed by atoms with Gasteiger partial charge in [0, 0.05) is 25.4 Å². The van der Waals surface area contributed by atoms with E-state index >= 15 is 0 Å². The highest BCUT2D eigenvalue weighted by molar-refractivity contribution is 7.99. The van der Waals surface area contributed by atoms with Crippen molar-refractivity contribution in [3.63, 3.8) is 0 Å². The van der Waals surface area contributed by atoms with Crippen LogP contribution in [0.4, 0.5) is 5.69 Å². The van der Waals surface area contributed by atoms with Crippen LogP contribution in [0.5, 0.6) is 11.5 Å². The van der Waals surface area contributed by atoms with Crippen molar-refractivity contribution < 1.29 is 9.53 Å². The first kappa shape index (κ1) is 23.6. The number of benzene rings is 2. The molecule has 0 fully saturated rings. The largest absolute Gasteiger partial charge is 0.456 e. The normalized spacial score (nSPS) is 15.5. The number of ether oxygens (including phenoxy) is 1. The molecule has 0 saturated carbocycles. The molecule has 1 N–H and O–H groups in total. The van der Waals surface area contributed by atoms with Gasteiger partial charge in [0.1, 0.15) is 17.2 Å². The second-order valence-electron chi connectivity index (χ2n) is 8.63. The SMILES string of the molecule is CNC(=O)c1c(-c2ccc(Oc3ccccc3Cl)cc2)nn2cc3c(cc12)C(C)CCCN3SC. The lowest BCUT2D eigenvalue weighted by Gasteiger charge is -2.22. The maximum atomic E-state index is 13.0. The smallest absolute Gasteiger partial charge is 0.255 e. The molecule has 4 aromatic rings. The first-order chi connectivity index (χ1) is 17.0. The van der Waals surface area contributed by atoms with Gasteiger partial charge in [-0.05, 0) is 66.8 Å². The third kappa shape index (κ3) is 4.46. The molecule has 35 heavy (non-hydrogen) atoms. The fraction of sp³-hybridized carbons (Fsp3) is 0.259. The minimum atomic E-state index is -0.158. The Bertz CT molecular complexity index is 1390. The van der Waals surface area contributed by atoms with Gasteiger partial charge in [0.25, 0.3) is 5.91 Å². The number of nitrogens with zero attached hydrogens (tertiary/aromatic N) is 3. The van der Waals surface area contributed by atoms with Crippen LogP contribution in [0, 0.1) is 0 Å². The molecule has 5 rings (SSSR count). The molecule has 1 amide bonds. The van der Waals surface area contributed by atoms with Crippen LogP contribution in [-0.4, -0.2) is 35.4 Å². The molecule has 0 aliphatic carbocycles. The van der Waals surface area contributed by atoms with Crippen molar-refractivity contribution in [3.8, 4) is 22.8 Å². The van der Waals surface area contributed by atoms with Gasteiger partial charge in [-0.1, -0.05) is 42.6 Å². The Labute approximate surface area is 214 Å². The molecule has 0 radical (unpaired) electrons. The summed E-state index contributed by atoms with van der Waals surface area (Å²) in [5.41, 5.74) is 5.27. The molecule has 1 aliphatic heterocycles. The Morgan fingerprint density at radius 1 is 1.20 bits per heavy atom. The Balaban J connectivity index is 1.59. The summed E-state index contributed by atoms with van der Waals surface area (Å²) in [6.07, 6.45) is 6.41. The summed E-state index contributed by atoms with van der Waals surface area (Å²) in [6, 6.07) is 17.1. The molecule has 1 aliphatic rings. The van der Waals surface area contributed by atoms with Crippen molar-refractivity contribution in [3.05, 3.63) is 76.9 Å². The number of amides is 1. The molecule has 0 spiro atoms. The van der Waals surface area contributed by atoms with E-state index in [0.29, 0.717) is 33.7 Å². The molecule has 1 atom stereocenters. The van der Waals surface area contributed by atoms with Gasteiger partial charge < -0.3 is 14.4 Å². The van der Waals surface area contributed by atoms with E-state index in [0.717, 1.165) is 36.2 Å². The average molecular weight is 507 g/mol. The second kappa shape index (κ2) is 9.84. The molecular weight excluding hydrogens is 480 g/mol. The molecule has 2 aromatic heterocycles. The fourth-order valence-corrected chi connectivity index (χ4v) is 5.43. The van der Waals surface area contributed by atoms with Gasteiger partial charge in [-0.3, -0.25) is 4.79 Å². The van der Waals surface area contributed by atoms with Gasteiger partial charge in [-0.25, -0.2) is 4.52 Å². The second-order valence-corrected chi connectivity index (χ2v) is 9.84. The zero-order valence-electron chi connectivity index (χ0n) is 19.9. The number of rotatable bonds is 5. The van der Waals surface area contributed by atoms with Crippen LogP contribution in [-0.2, 0) is 0 Å². The fourth-order valence-electron chi connectivity index (χ4n) is 4.59. The number of halogens is 1. The van der Waals surface area contributed by atoms with E-state index in [2.05, 4.69) is 35.1 Å². The zero-order chi connectivity index (χ0) is 24.5. The monoisotopic (exact) mass is 506 g/mol. The Kier molecular flexibility index (Phi) is 6.62. The van der Waals surface area contributed by atoms with Crippen molar-refractivity contribution in [2.45, 2.75) is 25.7 Å². The van der Waals surface area contributed by atoms with Crippen LogP contribution in [0.25, 0.3) is 16.8 Å². The van der Waals surface area contributed by atoms with Gasteiger partial charge in [0.15, 0.2) is 0 Å². The molecule has 0 saturated heterocycles. The van der Waals surface area contributed by atoms with Crippen molar-refractivity contribution >= 4 is 40.7 Å². The predicted molar refractivity (Wildman–Crippen MR) is 144 cm³/mol. The highest BCUT2D eigenvalue weighted by Crippen LogP contribution is 2.39. The van der Waals surface area contributed by atoms with Crippen LogP contribution in [0.2, 0.25) is 5.02 Å². The van der Waals surface area contributed by atoms with E-state index in [9.17, 15) is 4.79 Å². The maximum Gasteiger partial charge on any atom is 0.255 e. The van der Waals surface area contributed by atoms with E-state index in [1.165, 1.54) is 5.56 Å². The summed E-state index contributed by atoms with van der Waals surface area (Å²) in [7, 11) is 1.65. The van der Waals surface area contributed by atoms with E-state index in [1.54, 1.807) is 25.1 Å². The Morgan fingerprint density at radius 2 is 1.97 bits per heavy atom. The first-order valence-electron chi connectivity index (χ1n) is 11.6. The number of hydrogen-bond donors (Lipinski definition) is 1. The summed E-state index contributed by atoms with van der Waals surface area (Å²) in [5.74, 6) is 1.50. The summed E-state index contributed by atoms with van der Waals surface area (Å²) in [6.45, 7) is 3.25. The summed E-state index contributed by atoms with van der Waals surface area (Å²) in [5, 5.41) is 8.22. The highest BCUT2D eigenvalue weighted by atomic mass is 35.5. The summed E-state index contributed by atoms with van der Waals surface area (Å²) in [4.78, 5) is 13.0. The van der Waals surface area contributed by atoms with Crippen LogP contribution in [0.1, 0.15) is 41.6 Å². The minimum absolute atomic E-state index is 0.158. The van der Waals surface area contributed by atoms with Crippen LogP contribution < -0.4 is 14.4 Å². The lowest BCUT2D eigenvalue weighted by Crippen LogP contribution is -2.18. The Morgan fingerprint density at radius 3 is 2.69 bits per heavy atom. The standard InChI is InChI=1S/C27H27ClN4O2S/c1-17-7-6-14-32(35-3)23-16-31-22(15-20(17)23)25(27(33)29-2)26(30-31)18-10-12-19(13-11-18)34-24-9-5-4-8-21(24)28/h4-5,8-13,15-17H,6-7,14H2,1-3H3,(H,29,33). The van der Waals surface area contributed by atoms with Crippen molar-refractivity contribution in [2.75, 3.05) is 24.2 Å². The molecule has 8 heteroatoms. The Hall–Kier alpha value is -3.16. The number of pyridine rings is 1. The van der Waals surface area contributed by atoms with Crippen LogP contribution in [0.3, 0.4) is 0 Å². The minimum Gasteiger partial charge on any atom is -0.456 e. The van der Waals surface area contributed by atoms with Gasteiger partial charge in [-0.15, -0.1) is 0 Å². The number of carbonyl (C=O) groups excluding carboxylic acids is 1. The summed E-state index contributed by atoms with van der Waals surface area (Å²) >= 11 is 7.95. The number of nitrogens with one attached hydrogen (secondary N) is 1. The molecule has 0 bridgehead atoms. The van der Waals surface area contributed by atoms with E-state index in [4.69, 9.17) is 21.4 Å². The number of carbonyl (C=O) groups is 1. The van der Waals surface area contributed by atoms with Gasteiger partial charge in [0.05, 0.1) is 28.0 Å². The van der Waals surface area contributed by atoms with Gasteiger partial charge >= 0.3 is 0 Å². The number of aromatic nitrogens is 2. The van der Waals surface area contributed by atoms with Crippen molar-refractivity contribution in [1.29, 1.82) is 0 Å². The zero-order valence-corrected chi connectivity index (χ0v) is 21.5. The molecule has 180 valence electrons. The molecular formula is C27H27ClN4O2S. The van der Waals surface area contributed by atoms with E-state index < -0.39 is 0 Å². The molecule has 6 nitrogen and oxygen atoms in total. The van der Waals surface area contributed by atoms with Gasteiger partial charge in [-0.2, -0.15) is 5.10 Å². The number of hydrogen-bond acceptors (Lipinski definition) is 5. The van der Waals surface area contributed by atoms with E-state index in [1.807, 2.05) is 47.0 Å². The number of anilines is 1. The third-order valence-electron chi connectivity index (χ3n) is 6.44. The quantitative estimate of drug-likeness (QED) is 0.302. The van der Waals surface area contributed by atoms with E-state index in [-0.39, 0.29) is 5.91 Å². The number of para-hydroxylation sites is 1. The third-order valence-corrected chi connectivity index (χ3v) is 7.58. The predicted octanol–water partition coefficient (Wildman–Crippen LogP) is 6.79. The topological polar surface area (TPSA) is 58.9 Å². The molecule has 2 aromatic carbocycles. The highest BCUT2D eigenvalue weighted by Gasteiger charge is 2.26. The van der Waals surface area contributed by atoms with Crippen LogP contribution in [0.15, 0.2) is 60.8 Å². The maximum absolute atomic E-state index is 13.0. The van der Waals surface area contributed by atoms with Crippen molar-refractivity contribution in [1.82, 2.24) is 14.9 Å².